The molecular formula is C11H19N3O5. The lowest BCUT2D eigenvalue weighted by Gasteiger charge is -2.35. The summed E-state index contributed by atoms with van der Waals surface area (Å²) in [5.74, 6) is -2.07. The van der Waals surface area contributed by atoms with Gasteiger partial charge in [0.2, 0.25) is 5.91 Å². The molecule has 19 heavy (non-hydrogen) atoms. The summed E-state index contributed by atoms with van der Waals surface area (Å²) in [5.41, 5.74) is 4.94. The second kappa shape index (κ2) is 6.37. The number of morpholine rings is 1. The average Bonchev–Trinajstić information content (AvgIpc) is 2.25. The lowest BCUT2D eigenvalue weighted by Crippen LogP contribution is -2.55. The molecule has 0 aromatic rings. The van der Waals surface area contributed by atoms with Gasteiger partial charge in [-0.2, -0.15) is 0 Å². The van der Waals surface area contributed by atoms with E-state index in [0.717, 1.165) is 0 Å². The number of aliphatic carboxylic acids is 1. The van der Waals surface area contributed by atoms with Crippen LogP contribution in [0.25, 0.3) is 0 Å². The Labute approximate surface area is 110 Å². The van der Waals surface area contributed by atoms with Gasteiger partial charge in [0.15, 0.2) is 0 Å². The minimum absolute atomic E-state index is 0.117. The number of primary amides is 1. The topological polar surface area (TPSA) is 122 Å². The van der Waals surface area contributed by atoms with Crippen LogP contribution in [0.15, 0.2) is 0 Å². The predicted octanol–water partition coefficient (Wildman–Crippen LogP) is -0.866. The van der Waals surface area contributed by atoms with Gasteiger partial charge in [-0.05, 0) is 13.8 Å². The summed E-state index contributed by atoms with van der Waals surface area (Å²) in [6.07, 6.45) is -0.667. The number of rotatable bonds is 4. The SMILES string of the molecule is CC1CN(C(=O)N[C@H](CC(N)=O)C(=O)O)CC(C)O1. The molecule has 8 heteroatoms. The fraction of sp³-hybridized carbons (Fsp3) is 0.727. The van der Waals surface area contributed by atoms with Gasteiger partial charge in [0.25, 0.3) is 0 Å². The van der Waals surface area contributed by atoms with E-state index in [1.807, 2.05) is 13.8 Å². The molecule has 1 heterocycles. The van der Waals surface area contributed by atoms with Crippen LogP contribution < -0.4 is 11.1 Å². The molecule has 2 unspecified atom stereocenters. The Morgan fingerprint density at radius 1 is 1.37 bits per heavy atom. The molecule has 0 aromatic heterocycles. The van der Waals surface area contributed by atoms with Gasteiger partial charge in [-0.15, -0.1) is 0 Å². The smallest absolute Gasteiger partial charge is 0.326 e. The minimum atomic E-state index is -1.31. The third-order valence-electron chi connectivity index (χ3n) is 2.71. The number of ether oxygens (including phenoxy) is 1. The molecule has 1 saturated heterocycles. The number of nitrogens with zero attached hydrogens (tertiary/aromatic N) is 1. The first-order chi connectivity index (χ1) is 8.79. The van der Waals surface area contributed by atoms with E-state index in [1.165, 1.54) is 4.90 Å². The summed E-state index contributed by atoms with van der Waals surface area (Å²) < 4.78 is 5.47. The van der Waals surface area contributed by atoms with Gasteiger partial charge in [-0.1, -0.05) is 0 Å². The number of nitrogens with one attached hydrogen (secondary N) is 1. The monoisotopic (exact) mass is 273 g/mol. The molecular weight excluding hydrogens is 254 g/mol. The number of carboxylic acids is 1. The Hall–Kier alpha value is -1.83. The predicted molar refractivity (Wildman–Crippen MR) is 65.3 cm³/mol. The van der Waals surface area contributed by atoms with E-state index in [2.05, 4.69) is 5.32 Å². The van der Waals surface area contributed by atoms with Crippen LogP contribution in [0.2, 0.25) is 0 Å². The quantitative estimate of drug-likeness (QED) is 0.615. The van der Waals surface area contributed by atoms with Crippen LogP contribution in [0.3, 0.4) is 0 Å². The second-order valence-electron chi connectivity index (χ2n) is 4.67. The van der Waals surface area contributed by atoms with Crippen molar-refractivity contribution in [2.24, 2.45) is 5.73 Å². The first kappa shape index (κ1) is 15.2. The van der Waals surface area contributed by atoms with Crippen LogP contribution in [-0.4, -0.2) is 59.3 Å². The van der Waals surface area contributed by atoms with Crippen molar-refractivity contribution in [3.8, 4) is 0 Å². The first-order valence-corrected chi connectivity index (χ1v) is 6.01. The zero-order chi connectivity index (χ0) is 14.6. The third-order valence-corrected chi connectivity index (χ3v) is 2.71. The summed E-state index contributed by atoms with van der Waals surface area (Å²) in [6, 6.07) is -1.84. The van der Waals surface area contributed by atoms with Gasteiger partial charge in [0, 0.05) is 13.1 Å². The number of carbonyl (C=O) groups excluding carboxylic acids is 2. The molecule has 108 valence electrons. The minimum Gasteiger partial charge on any atom is -0.480 e. The molecule has 4 N–H and O–H groups in total. The van der Waals surface area contributed by atoms with Crippen LogP contribution in [0, 0.1) is 0 Å². The highest BCUT2D eigenvalue weighted by atomic mass is 16.5. The molecule has 0 bridgehead atoms. The normalized spacial score (nSPS) is 24.6. The Morgan fingerprint density at radius 3 is 2.32 bits per heavy atom. The van der Waals surface area contributed by atoms with E-state index in [9.17, 15) is 14.4 Å². The van der Waals surface area contributed by atoms with Crippen LogP contribution in [0.5, 0.6) is 0 Å². The van der Waals surface area contributed by atoms with Crippen molar-refractivity contribution in [1.82, 2.24) is 10.2 Å². The van der Waals surface area contributed by atoms with Gasteiger partial charge in [-0.25, -0.2) is 9.59 Å². The maximum atomic E-state index is 11.9. The standard InChI is InChI=1S/C11H19N3O5/c1-6-4-14(5-7(2)19-6)11(18)13-8(10(16)17)3-9(12)15/h6-8H,3-5H2,1-2H3,(H2,12,15)(H,13,18)(H,16,17)/t6?,7?,8-/m1/s1. The van der Waals surface area contributed by atoms with Gasteiger partial charge in [-0.3, -0.25) is 4.79 Å². The number of nitrogens with two attached hydrogens (primary N) is 1. The molecule has 8 nitrogen and oxygen atoms in total. The van der Waals surface area contributed by atoms with E-state index >= 15 is 0 Å². The Balaban J connectivity index is 2.61. The summed E-state index contributed by atoms with van der Waals surface area (Å²) in [7, 11) is 0. The Kier molecular flexibility index (Phi) is 5.11. The summed E-state index contributed by atoms with van der Waals surface area (Å²) in [6.45, 7) is 4.40. The van der Waals surface area contributed by atoms with Crippen LogP contribution in [0.1, 0.15) is 20.3 Å². The number of amides is 3. The number of carboxylic acid groups (broad SMARTS) is 1. The lowest BCUT2D eigenvalue weighted by atomic mass is 10.2. The molecule has 1 fully saturated rings. The largest absolute Gasteiger partial charge is 0.480 e. The van der Waals surface area contributed by atoms with E-state index in [0.29, 0.717) is 13.1 Å². The van der Waals surface area contributed by atoms with Crippen LogP contribution >= 0.6 is 0 Å². The molecule has 0 aromatic carbocycles. The molecule has 1 aliphatic rings. The average molecular weight is 273 g/mol. The van der Waals surface area contributed by atoms with Crippen molar-refractivity contribution >= 4 is 17.9 Å². The van der Waals surface area contributed by atoms with Gasteiger partial charge < -0.3 is 25.8 Å². The molecule has 1 aliphatic heterocycles. The van der Waals surface area contributed by atoms with E-state index < -0.39 is 30.4 Å². The van der Waals surface area contributed by atoms with E-state index in [1.54, 1.807) is 0 Å². The Bertz CT molecular complexity index is 363. The van der Waals surface area contributed by atoms with Gasteiger partial charge >= 0.3 is 12.0 Å². The van der Waals surface area contributed by atoms with Crippen molar-refractivity contribution < 1.29 is 24.2 Å². The summed E-state index contributed by atoms with van der Waals surface area (Å²) >= 11 is 0. The Morgan fingerprint density at radius 2 is 1.89 bits per heavy atom. The molecule has 3 amide bonds. The van der Waals surface area contributed by atoms with E-state index in [-0.39, 0.29) is 12.2 Å². The number of urea groups is 1. The van der Waals surface area contributed by atoms with Crippen molar-refractivity contribution in [3.05, 3.63) is 0 Å². The fourth-order valence-electron chi connectivity index (χ4n) is 1.99. The number of carbonyl (C=O) groups is 3. The van der Waals surface area contributed by atoms with Crippen molar-refractivity contribution in [1.29, 1.82) is 0 Å². The van der Waals surface area contributed by atoms with Crippen molar-refractivity contribution in [2.75, 3.05) is 13.1 Å². The number of hydrogen-bond donors (Lipinski definition) is 3. The highest BCUT2D eigenvalue weighted by Crippen LogP contribution is 2.10. The van der Waals surface area contributed by atoms with Crippen molar-refractivity contribution in [3.63, 3.8) is 0 Å². The molecule has 0 radical (unpaired) electrons. The van der Waals surface area contributed by atoms with Crippen LogP contribution in [0.4, 0.5) is 4.79 Å². The molecule has 0 saturated carbocycles. The van der Waals surface area contributed by atoms with Gasteiger partial charge in [0.1, 0.15) is 6.04 Å². The lowest BCUT2D eigenvalue weighted by molar-refractivity contribution is -0.141. The van der Waals surface area contributed by atoms with E-state index in [4.69, 9.17) is 15.6 Å². The highest BCUT2D eigenvalue weighted by Gasteiger charge is 2.29. The maximum absolute atomic E-state index is 11.9. The molecule has 0 aliphatic carbocycles. The zero-order valence-electron chi connectivity index (χ0n) is 11.0. The van der Waals surface area contributed by atoms with Crippen molar-refractivity contribution in [2.45, 2.75) is 38.5 Å². The summed E-state index contributed by atoms with van der Waals surface area (Å²) in [4.78, 5) is 35.1. The van der Waals surface area contributed by atoms with Gasteiger partial charge in [0.05, 0.1) is 18.6 Å². The molecule has 1 rings (SSSR count). The third kappa shape index (κ3) is 4.74. The maximum Gasteiger partial charge on any atom is 0.326 e. The highest BCUT2D eigenvalue weighted by molar-refractivity contribution is 5.87. The molecule has 0 spiro atoms. The fourth-order valence-corrected chi connectivity index (χ4v) is 1.99. The number of hydrogen-bond acceptors (Lipinski definition) is 4. The zero-order valence-corrected chi connectivity index (χ0v) is 11.0. The second-order valence-corrected chi connectivity index (χ2v) is 4.67. The van der Waals surface area contributed by atoms with Crippen LogP contribution in [-0.2, 0) is 14.3 Å². The summed E-state index contributed by atoms with van der Waals surface area (Å²) in [5, 5.41) is 11.2. The molecule has 3 atom stereocenters. The first-order valence-electron chi connectivity index (χ1n) is 6.01.